The van der Waals surface area contributed by atoms with E-state index < -0.39 is 5.97 Å². The number of carbonyl (C=O) groups is 1. The van der Waals surface area contributed by atoms with Crippen molar-refractivity contribution >= 4 is 46.6 Å². The zero-order valence-corrected chi connectivity index (χ0v) is 8.41. The third-order valence-electron chi connectivity index (χ3n) is 1.39. The van der Waals surface area contributed by atoms with Crippen LogP contribution in [0.15, 0.2) is 12.1 Å². The standard InChI is InChI=1S/C7H4Cl3NO2/c8-4-2-6(11-10)5(9)1-3(4)7(12)13/h1-2,11H,(H,12,13). The molecular formula is C7H4Cl3NO2. The molecule has 0 radical (unpaired) electrons. The molecule has 0 aliphatic heterocycles. The van der Waals surface area contributed by atoms with Gasteiger partial charge in [-0.1, -0.05) is 23.2 Å². The number of hydrogen-bond acceptors (Lipinski definition) is 2. The summed E-state index contributed by atoms with van der Waals surface area (Å²) in [5.74, 6) is -1.13. The molecule has 3 nitrogen and oxygen atoms in total. The molecule has 0 atom stereocenters. The quantitative estimate of drug-likeness (QED) is 0.780. The number of nitrogens with one attached hydrogen (secondary N) is 1. The van der Waals surface area contributed by atoms with Crippen molar-refractivity contribution in [3.63, 3.8) is 0 Å². The van der Waals surface area contributed by atoms with E-state index in [0.717, 1.165) is 0 Å². The van der Waals surface area contributed by atoms with Crippen LogP contribution in [0.3, 0.4) is 0 Å². The third kappa shape index (κ3) is 2.18. The number of rotatable bonds is 2. The second-order valence-corrected chi connectivity index (χ2v) is 3.21. The monoisotopic (exact) mass is 239 g/mol. The molecule has 0 bridgehead atoms. The Labute approximate surface area is 89.3 Å². The molecule has 0 amide bonds. The number of carboxylic acid groups (broad SMARTS) is 1. The zero-order valence-electron chi connectivity index (χ0n) is 6.14. The second kappa shape index (κ2) is 4.05. The van der Waals surface area contributed by atoms with Gasteiger partial charge in [0, 0.05) is 11.8 Å². The van der Waals surface area contributed by atoms with Crippen molar-refractivity contribution < 1.29 is 9.90 Å². The Balaban J connectivity index is 3.28. The average Bonchev–Trinajstić information content (AvgIpc) is 2.07. The van der Waals surface area contributed by atoms with Crippen LogP contribution >= 0.6 is 35.0 Å². The lowest BCUT2D eigenvalue weighted by Gasteiger charge is -2.04. The summed E-state index contributed by atoms with van der Waals surface area (Å²) < 4.78 is 0. The van der Waals surface area contributed by atoms with Crippen LogP contribution < -0.4 is 4.84 Å². The van der Waals surface area contributed by atoms with E-state index in [1.54, 1.807) is 0 Å². The molecule has 6 heteroatoms. The van der Waals surface area contributed by atoms with Gasteiger partial charge in [-0.15, -0.1) is 0 Å². The molecule has 2 N–H and O–H groups in total. The maximum Gasteiger partial charge on any atom is 0.337 e. The van der Waals surface area contributed by atoms with Crippen molar-refractivity contribution in [2.24, 2.45) is 0 Å². The van der Waals surface area contributed by atoms with Gasteiger partial charge in [0.1, 0.15) is 0 Å². The fraction of sp³-hybridized carbons (Fsp3) is 0. The summed E-state index contributed by atoms with van der Waals surface area (Å²) in [5, 5.41) is 8.95. The van der Waals surface area contributed by atoms with Crippen LogP contribution in [0.5, 0.6) is 0 Å². The van der Waals surface area contributed by atoms with E-state index in [0.29, 0.717) is 5.69 Å². The summed E-state index contributed by atoms with van der Waals surface area (Å²) in [6.07, 6.45) is 0. The van der Waals surface area contributed by atoms with E-state index in [-0.39, 0.29) is 15.6 Å². The highest BCUT2D eigenvalue weighted by molar-refractivity contribution is 6.38. The lowest BCUT2D eigenvalue weighted by molar-refractivity contribution is 0.0697. The topological polar surface area (TPSA) is 49.3 Å². The van der Waals surface area contributed by atoms with Crippen LogP contribution in [0.2, 0.25) is 10.0 Å². The first-order valence-corrected chi connectivity index (χ1v) is 4.28. The largest absolute Gasteiger partial charge is 0.478 e. The maximum atomic E-state index is 10.6. The summed E-state index contributed by atoms with van der Waals surface area (Å²) in [5.41, 5.74) is 0.320. The number of halogens is 3. The zero-order chi connectivity index (χ0) is 10.0. The van der Waals surface area contributed by atoms with E-state index in [9.17, 15) is 4.79 Å². The molecule has 0 spiro atoms. The van der Waals surface area contributed by atoms with E-state index in [1.807, 2.05) is 0 Å². The van der Waals surface area contributed by atoms with Crippen molar-refractivity contribution in [3.05, 3.63) is 27.7 Å². The lowest BCUT2D eigenvalue weighted by Crippen LogP contribution is -1.98. The lowest BCUT2D eigenvalue weighted by atomic mass is 10.2. The molecule has 13 heavy (non-hydrogen) atoms. The van der Waals surface area contributed by atoms with E-state index in [4.69, 9.17) is 40.1 Å². The molecule has 0 fully saturated rings. The van der Waals surface area contributed by atoms with Gasteiger partial charge in [0.15, 0.2) is 0 Å². The summed E-state index contributed by atoms with van der Waals surface area (Å²) in [4.78, 5) is 12.8. The Kier molecular flexibility index (Phi) is 3.25. The van der Waals surface area contributed by atoms with Crippen LogP contribution in [0.4, 0.5) is 5.69 Å². The van der Waals surface area contributed by atoms with Gasteiger partial charge in [0.25, 0.3) is 0 Å². The van der Waals surface area contributed by atoms with Crippen molar-refractivity contribution in [1.29, 1.82) is 0 Å². The number of anilines is 1. The molecule has 1 rings (SSSR count). The Morgan fingerprint density at radius 1 is 1.31 bits per heavy atom. The molecule has 0 unspecified atom stereocenters. The Hall–Kier alpha value is -0.640. The fourth-order valence-corrected chi connectivity index (χ4v) is 1.44. The second-order valence-electron chi connectivity index (χ2n) is 2.21. The predicted octanol–water partition coefficient (Wildman–Crippen LogP) is 3.26. The normalized spacial score (nSPS) is 9.77. The van der Waals surface area contributed by atoms with E-state index in [1.165, 1.54) is 12.1 Å². The van der Waals surface area contributed by atoms with Gasteiger partial charge in [-0.3, -0.25) is 4.84 Å². The molecule has 0 saturated heterocycles. The summed E-state index contributed by atoms with van der Waals surface area (Å²) in [7, 11) is 0. The molecule has 0 aliphatic carbocycles. The maximum absolute atomic E-state index is 10.6. The van der Waals surface area contributed by atoms with Gasteiger partial charge in [-0.2, -0.15) is 0 Å². The Morgan fingerprint density at radius 2 is 1.92 bits per heavy atom. The third-order valence-corrected chi connectivity index (χ3v) is 2.22. The highest BCUT2D eigenvalue weighted by atomic mass is 35.5. The van der Waals surface area contributed by atoms with Gasteiger partial charge in [0.2, 0.25) is 0 Å². The molecule has 1 aromatic carbocycles. The number of carboxylic acids is 1. The van der Waals surface area contributed by atoms with Crippen LogP contribution in [0.1, 0.15) is 10.4 Å². The van der Waals surface area contributed by atoms with Crippen LogP contribution in [-0.2, 0) is 0 Å². The summed E-state index contributed by atoms with van der Waals surface area (Å²) in [6.45, 7) is 0. The molecule has 0 aliphatic rings. The number of aromatic carboxylic acids is 1. The highest BCUT2D eigenvalue weighted by Gasteiger charge is 2.12. The van der Waals surface area contributed by atoms with E-state index in [2.05, 4.69) is 4.84 Å². The Bertz CT molecular complexity index is 354. The number of benzene rings is 1. The Morgan fingerprint density at radius 3 is 2.38 bits per heavy atom. The van der Waals surface area contributed by atoms with Gasteiger partial charge in [-0.25, -0.2) is 4.79 Å². The molecule has 1 aromatic rings. The van der Waals surface area contributed by atoms with Gasteiger partial charge >= 0.3 is 5.97 Å². The highest BCUT2D eigenvalue weighted by Crippen LogP contribution is 2.29. The van der Waals surface area contributed by atoms with Crippen LogP contribution in [0, 0.1) is 0 Å². The van der Waals surface area contributed by atoms with Crippen molar-refractivity contribution in [2.45, 2.75) is 0 Å². The minimum Gasteiger partial charge on any atom is -0.478 e. The van der Waals surface area contributed by atoms with Crippen molar-refractivity contribution in [2.75, 3.05) is 4.84 Å². The number of hydrogen-bond donors (Lipinski definition) is 2. The molecule has 70 valence electrons. The first-order valence-electron chi connectivity index (χ1n) is 3.15. The fourth-order valence-electron chi connectivity index (χ4n) is 0.783. The molecule has 0 heterocycles. The van der Waals surface area contributed by atoms with Gasteiger partial charge in [0.05, 0.1) is 21.3 Å². The molecule has 0 aromatic heterocycles. The first-order chi connectivity index (χ1) is 6.06. The van der Waals surface area contributed by atoms with Crippen molar-refractivity contribution in [1.82, 2.24) is 0 Å². The predicted molar refractivity (Wildman–Crippen MR) is 52.9 cm³/mol. The summed E-state index contributed by atoms with van der Waals surface area (Å²) >= 11 is 16.6. The van der Waals surface area contributed by atoms with Crippen LogP contribution in [-0.4, -0.2) is 11.1 Å². The summed E-state index contributed by atoms with van der Waals surface area (Å²) in [6, 6.07) is 2.58. The minimum atomic E-state index is -1.13. The SMILES string of the molecule is O=C(O)c1cc(Cl)c(NCl)cc1Cl. The van der Waals surface area contributed by atoms with Crippen LogP contribution in [0.25, 0.3) is 0 Å². The smallest absolute Gasteiger partial charge is 0.337 e. The molecule has 0 saturated carbocycles. The average molecular weight is 240 g/mol. The van der Waals surface area contributed by atoms with Gasteiger partial charge < -0.3 is 5.11 Å². The minimum absolute atomic E-state index is 0.0534. The van der Waals surface area contributed by atoms with E-state index >= 15 is 0 Å². The van der Waals surface area contributed by atoms with Gasteiger partial charge in [-0.05, 0) is 12.1 Å². The van der Waals surface area contributed by atoms with Crippen molar-refractivity contribution in [3.8, 4) is 0 Å². The molecular weight excluding hydrogens is 236 g/mol. The first kappa shape index (κ1) is 10.4.